The van der Waals surface area contributed by atoms with Gasteiger partial charge in [0.15, 0.2) is 0 Å². The zero-order chi connectivity index (χ0) is 6.41. The van der Waals surface area contributed by atoms with Crippen LogP contribution in [0.4, 0.5) is 0 Å². The van der Waals surface area contributed by atoms with Gasteiger partial charge in [0, 0.05) is 12.4 Å². The van der Waals surface area contributed by atoms with Crippen LogP contribution in [0.15, 0.2) is 0 Å². The summed E-state index contributed by atoms with van der Waals surface area (Å²) in [6, 6.07) is 0. The van der Waals surface area contributed by atoms with Crippen molar-refractivity contribution in [3.05, 3.63) is 0 Å². The Kier molecular flexibility index (Phi) is 21.6. The third-order valence-electron chi connectivity index (χ3n) is 0.467. The SMILES string of the molecule is O=[C-]OCCC(=O)[O-].[Na+].[Na+]. The van der Waals surface area contributed by atoms with Crippen LogP contribution in [0.1, 0.15) is 6.42 Å². The van der Waals surface area contributed by atoms with Gasteiger partial charge in [-0.3, -0.25) is 0 Å². The van der Waals surface area contributed by atoms with E-state index in [1.807, 2.05) is 0 Å². The maximum atomic E-state index is 9.55. The molecule has 0 aromatic carbocycles. The molecule has 4 nitrogen and oxygen atoms in total. The molecular weight excluding hydrogens is 158 g/mol. The molecular formula is C4H4Na2O4. The van der Waals surface area contributed by atoms with Crippen molar-refractivity contribution in [2.75, 3.05) is 6.61 Å². The third-order valence-corrected chi connectivity index (χ3v) is 0.467. The van der Waals surface area contributed by atoms with Crippen LogP contribution in [-0.2, 0) is 14.3 Å². The van der Waals surface area contributed by atoms with E-state index in [9.17, 15) is 14.7 Å². The number of hydrogen-bond acceptors (Lipinski definition) is 4. The van der Waals surface area contributed by atoms with E-state index in [1.54, 1.807) is 0 Å². The van der Waals surface area contributed by atoms with Gasteiger partial charge in [0.1, 0.15) is 0 Å². The predicted octanol–water partition coefficient (Wildman–Crippen LogP) is -7.78. The van der Waals surface area contributed by atoms with Crippen LogP contribution in [0, 0.1) is 0 Å². The van der Waals surface area contributed by atoms with E-state index in [4.69, 9.17) is 0 Å². The molecule has 0 aliphatic rings. The number of hydrogen-bond donors (Lipinski definition) is 0. The van der Waals surface area contributed by atoms with E-state index in [0.29, 0.717) is 0 Å². The van der Waals surface area contributed by atoms with Gasteiger partial charge in [0.05, 0.1) is 6.61 Å². The van der Waals surface area contributed by atoms with Crippen LogP contribution in [-0.4, -0.2) is 19.0 Å². The molecule has 0 aliphatic carbocycles. The zero-order valence-electron chi connectivity index (χ0n) is 6.05. The number of rotatable bonds is 4. The first-order valence-corrected chi connectivity index (χ1v) is 1.96. The molecule has 6 heteroatoms. The van der Waals surface area contributed by atoms with Gasteiger partial charge in [0.2, 0.25) is 0 Å². The molecule has 0 atom stereocenters. The number of carboxylic acid groups (broad SMARTS) is 1. The summed E-state index contributed by atoms with van der Waals surface area (Å²) < 4.78 is 3.92. The number of carboxylic acids is 1. The molecule has 0 unspecified atom stereocenters. The largest absolute Gasteiger partial charge is 1.00 e. The quantitative estimate of drug-likeness (QED) is 0.234. The molecule has 0 rings (SSSR count). The summed E-state index contributed by atoms with van der Waals surface area (Å²) >= 11 is 0. The van der Waals surface area contributed by atoms with E-state index in [2.05, 4.69) is 4.74 Å². The average molecular weight is 162 g/mol. The summed E-state index contributed by atoms with van der Waals surface area (Å²) in [5, 5.41) is 9.55. The molecule has 0 N–H and O–H groups in total. The Balaban J connectivity index is -0.000000245. The summed E-state index contributed by atoms with van der Waals surface area (Å²) in [4.78, 5) is 18.8. The molecule has 46 valence electrons. The van der Waals surface area contributed by atoms with E-state index >= 15 is 0 Å². The number of aliphatic carboxylic acids is 1. The van der Waals surface area contributed by atoms with E-state index in [1.165, 1.54) is 0 Å². The Morgan fingerprint density at radius 1 is 1.50 bits per heavy atom. The standard InChI is InChI=1S/C4H5O4.2Na/c5-3-8-2-1-4(6)7;;/h1-2H2,(H,6,7);;/q-1;2*+1/p-1. The van der Waals surface area contributed by atoms with Crippen LogP contribution in [0.3, 0.4) is 0 Å². The second kappa shape index (κ2) is 12.6. The van der Waals surface area contributed by atoms with E-state index in [-0.39, 0.29) is 72.1 Å². The van der Waals surface area contributed by atoms with Gasteiger partial charge in [-0.1, -0.05) is 6.47 Å². The minimum atomic E-state index is -1.24. The first kappa shape index (κ1) is 17.1. The van der Waals surface area contributed by atoms with Gasteiger partial charge in [-0.15, -0.1) is 0 Å². The smallest absolute Gasteiger partial charge is 0.652 e. The third kappa shape index (κ3) is 16.0. The molecule has 0 radical (unpaired) electrons. The Bertz CT molecular complexity index is 95.3. The van der Waals surface area contributed by atoms with Crippen molar-refractivity contribution < 1.29 is 78.5 Å². The van der Waals surface area contributed by atoms with Gasteiger partial charge in [-0.05, 0) is 0 Å². The monoisotopic (exact) mass is 162 g/mol. The van der Waals surface area contributed by atoms with Gasteiger partial charge < -0.3 is 19.4 Å². The molecule has 0 spiro atoms. The molecule has 10 heavy (non-hydrogen) atoms. The summed E-state index contributed by atoms with van der Waals surface area (Å²) in [5.74, 6) is -1.24. The fourth-order valence-corrected chi connectivity index (χ4v) is 0.176. The normalized spacial score (nSPS) is 6.40. The van der Waals surface area contributed by atoms with Gasteiger partial charge >= 0.3 is 59.1 Å². The van der Waals surface area contributed by atoms with Crippen LogP contribution in [0.5, 0.6) is 0 Å². The van der Waals surface area contributed by atoms with Crippen LogP contribution in [0.2, 0.25) is 0 Å². The molecule has 0 heterocycles. The number of carbonyl (C=O) groups excluding carboxylic acids is 2. The molecule has 0 aliphatic heterocycles. The minimum absolute atomic E-state index is 0. The van der Waals surface area contributed by atoms with Crippen molar-refractivity contribution in [3.8, 4) is 0 Å². The summed E-state index contributed by atoms with van der Waals surface area (Å²) in [6.45, 7) is 0.921. The minimum Gasteiger partial charge on any atom is -0.652 e. The topological polar surface area (TPSA) is 66.4 Å². The fraction of sp³-hybridized carbons (Fsp3) is 0.500. The van der Waals surface area contributed by atoms with Gasteiger partial charge in [-0.2, -0.15) is 0 Å². The molecule has 0 amide bonds. The van der Waals surface area contributed by atoms with Crippen molar-refractivity contribution in [1.82, 2.24) is 0 Å². The molecule has 0 saturated heterocycles. The van der Waals surface area contributed by atoms with Crippen LogP contribution >= 0.6 is 0 Å². The van der Waals surface area contributed by atoms with Crippen molar-refractivity contribution in [3.63, 3.8) is 0 Å². The number of ether oxygens (including phenoxy) is 1. The van der Waals surface area contributed by atoms with E-state index < -0.39 is 5.97 Å². The molecule has 0 bridgehead atoms. The summed E-state index contributed by atoms with van der Waals surface area (Å²) in [7, 11) is 0. The first-order valence-electron chi connectivity index (χ1n) is 1.96. The molecule has 0 saturated carbocycles. The van der Waals surface area contributed by atoms with Gasteiger partial charge in [-0.25, -0.2) is 0 Å². The van der Waals surface area contributed by atoms with Gasteiger partial charge in [0.25, 0.3) is 0 Å². The maximum Gasteiger partial charge on any atom is 1.00 e. The maximum absolute atomic E-state index is 9.55. The van der Waals surface area contributed by atoms with Crippen molar-refractivity contribution in [2.24, 2.45) is 0 Å². The fourth-order valence-electron chi connectivity index (χ4n) is 0.176. The predicted molar refractivity (Wildman–Crippen MR) is 21.3 cm³/mol. The Morgan fingerprint density at radius 3 is 2.30 bits per heavy atom. The van der Waals surface area contributed by atoms with Crippen molar-refractivity contribution >= 4 is 12.4 Å². The zero-order valence-corrected chi connectivity index (χ0v) is 10.0. The molecule has 0 fully saturated rings. The first-order chi connectivity index (χ1) is 3.77. The molecule has 0 aromatic heterocycles. The molecule has 0 aromatic rings. The average Bonchev–Trinajstić information content (AvgIpc) is 1.66. The van der Waals surface area contributed by atoms with Crippen molar-refractivity contribution in [1.29, 1.82) is 0 Å². The Hall–Kier alpha value is 0.940. The summed E-state index contributed by atoms with van der Waals surface area (Å²) in [5.41, 5.74) is 0. The second-order valence-corrected chi connectivity index (χ2v) is 1.05. The number of carbonyl (C=O) groups is 1. The second-order valence-electron chi connectivity index (χ2n) is 1.05. The van der Waals surface area contributed by atoms with Crippen LogP contribution in [0.25, 0.3) is 0 Å². The Labute approximate surface area is 103 Å². The van der Waals surface area contributed by atoms with E-state index in [0.717, 1.165) is 6.47 Å². The van der Waals surface area contributed by atoms with Crippen LogP contribution < -0.4 is 64.2 Å². The summed E-state index contributed by atoms with van der Waals surface area (Å²) in [6.07, 6.45) is -0.269. The Morgan fingerprint density at radius 2 is 2.00 bits per heavy atom. The van der Waals surface area contributed by atoms with Crippen molar-refractivity contribution in [2.45, 2.75) is 6.42 Å².